The molecule has 0 aromatic heterocycles. The van der Waals surface area contributed by atoms with Gasteiger partial charge in [0.1, 0.15) is 11.5 Å². The van der Waals surface area contributed by atoms with Crippen LogP contribution in [0.25, 0.3) is 0 Å². The van der Waals surface area contributed by atoms with Crippen molar-refractivity contribution in [1.29, 1.82) is 0 Å². The summed E-state index contributed by atoms with van der Waals surface area (Å²) in [6.45, 7) is 7.17. The Morgan fingerprint density at radius 2 is 2.15 bits per heavy atom. The van der Waals surface area contributed by atoms with Crippen molar-refractivity contribution in [3.8, 4) is 11.5 Å². The van der Waals surface area contributed by atoms with Crippen molar-refractivity contribution in [3.63, 3.8) is 0 Å². The SMILES string of the molecule is CCCNCc1cc(OC)c2c(c1OC)CCNC2C. The van der Waals surface area contributed by atoms with Crippen LogP contribution >= 0.6 is 0 Å². The lowest BCUT2D eigenvalue weighted by atomic mass is 9.91. The Kier molecular flexibility index (Phi) is 5.26. The van der Waals surface area contributed by atoms with Gasteiger partial charge in [0.2, 0.25) is 0 Å². The van der Waals surface area contributed by atoms with Crippen molar-refractivity contribution in [3.05, 3.63) is 22.8 Å². The van der Waals surface area contributed by atoms with Gasteiger partial charge in [-0.05, 0) is 38.9 Å². The molecule has 1 aromatic rings. The summed E-state index contributed by atoms with van der Waals surface area (Å²) in [5.74, 6) is 1.99. The molecule has 0 radical (unpaired) electrons. The first kappa shape index (κ1) is 15.1. The van der Waals surface area contributed by atoms with Gasteiger partial charge in [-0.2, -0.15) is 0 Å². The zero-order chi connectivity index (χ0) is 14.5. The number of fused-ring (bicyclic) bond motifs is 1. The molecule has 2 N–H and O–H groups in total. The van der Waals surface area contributed by atoms with Gasteiger partial charge in [-0.1, -0.05) is 6.92 Å². The molecule has 0 amide bonds. The highest BCUT2D eigenvalue weighted by molar-refractivity contribution is 5.56. The fourth-order valence-electron chi connectivity index (χ4n) is 2.96. The summed E-state index contributed by atoms with van der Waals surface area (Å²) in [4.78, 5) is 0. The first-order chi connectivity index (χ1) is 9.72. The number of hydrogen-bond acceptors (Lipinski definition) is 4. The van der Waals surface area contributed by atoms with Gasteiger partial charge in [0, 0.05) is 29.3 Å². The molecule has 0 aliphatic carbocycles. The Morgan fingerprint density at radius 1 is 1.35 bits per heavy atom. The normalized spacial score (nSPS) is 17.7. The fourth-order valence-corrected chi connectivity index (χ4v) is 2.96. The highest BCUT2D eigenvalue weighted by Gasteiger charge is 2.25. The van der Waals surface area contributed by atoms with Crippen molar-refractivity contribution < 1.29 is 9.47 Å². The van der Waals surface area contributed by atoms with E-state index in [-0.39, 0.29) is 0 Å². The number of ether oxygens (including phenoxy) is 2. The second-order valence-electron chi connectivity index (χ2n) is 5.27. The molecule has 1 aliphatic rings. The van der Waals surface area contributed by atoms with Gasteiger partial charge in [0.25, 0.3) is 0 Å². The van der Waals surface area contributed by atoms with E-state index in [0.29, 0.717) is 6.04 Å². The summed E-state index contributed by atoms with van der Waals surface area (Å²) in [6.07, 6.45) is 2.12. The van der Waals surface area contributed by atoms with Crippen LogP contribution in [0, 0.1) is 0 Å². The summed E-state index contributed by atoms with van der Waals surface area (Å²) in [5, 5.41) is 6.93. The first-order valence-corrected chi connectivity index (χ1v) is 7.43. The monoisotopic (exact) mass is 278 g/mol. The molecular formula is C16H26N2O2. The number of methoxy groups -OCH3 is 2. The zero-order valence-electron chi connectivity index (χ0n) is 13.0. The van der Waals surface area contributed by atoms with Crippen LogP contribution in [0.5, 0.6) is 11.5 Å². The number of nitrogens with one attached hydrogen (secondary N) is 2. The maximum atomic E-state index is 5.70. The zero-order valence-corrected chi connectivity index (χ0v) is 13.0. The van der Waals surface area contributed by atoms with Crippen LogP contribution in [0.2, 0.25) is 0 Å². The summed E-state index contributed by atoms with van der Waals surface area (Å²) >= 11 is 0. The Labute approximate surface area is 121 Å². The van der Waals surface area contributed by atoms with E-state index in [1.807, 2.05) is 0 Å². The molecule has 1 atom stereocenters. The molecule has 1 unspecified atom stereocenters. The minimum atomic E-state index is 0.306. The molecule has 4 heteroatoms. The highest BCUT2D eigenvalue weighted by Crippen LogP contribution is 2.40. The molecule has 1 aromatic carbocycles. The molecule has 0 saturated carbocycles. The minimum Gasteiger partial charge on any atom is -0.496 e. The molecule has 2 rings (SSSR count). The molecule has 0 spiro atoms. The maximum Gasteiger partial charge on any atom is 0.127 e. The van der Waals surface area contributed by atoms with Crippen molar-refractivity contribution in [1.82, 2.24) is 10.6 Å². The van der Waals surface area contributed by atoms with E-state index in [1.165, 1.54) is 16.7 Å². The lowest BCUT2D eigenvalue weighted by Gasteiger charge is -2.29. The average Bonchev–Trinajstić information content (AvgIpc) is 2.46. The van der Waals surface area contributed by atoms with Crippen LogP contribution in [0.4, 0.5) is 0 Å². The smallest absolute Gasteiger partial charge is 0.127 e. The van der Waals surface area contributed by atoms with E-state index in [4.69, 9.17) is 9.47 Å². The first-order valence-electron chi connectivity index (χ1n) is 7.43. The summed E-state index contributed by atoms with van der Waals surface area (Å²) in [6, 6.07) is 2.42. The lowest BCUT2D eigenvalue weighted by molar-refractivity contribution is 0.374. The molecule has 20 heavy (non-hydrogen) atoms. The molecule has 0 bridgehead atoms. The van der Waals surface area contributed by atoms with Gasteiger partial charge in [-0.3, -0.25) is 0 Å². The Morgan fingerprint density at radius 3 is 2.80 bits per heavy atom. The van der Waals surface area contributed by atoms with Crippen molar-refractivity contribution in [2.24, 2.45) is 0 Å². The van der Waals surface area contributed by atoms with Crippen LogP contribution in [0.1, 0.15) is 43.0 Å². The van der Waals surface area contributed by atoms with Crippen LogP contribution in [0.3, 0.4) is 0 Å². The Hall–Kier alpha value is -1.26. The third-order valence-corrected chi connectivity index (χ3v) is 3.89. The van der Waals surface area contributed by atoms with Gasteiger partial charge in [0.15, 0.2) is 0 Å². The predicted molar refractivity (Wildman–Crippen MR) is 81.7 cm³/mol. The van der Waals surface area contributed by atoms with Gasteiger partial charge in [-0.15, -0.1) is 0 Å². The lowest BCUT2D eigenvalue weighted by Crippen LogP contribution is -2.29. The second-order valence-corrected chi connectivity index (χ2v) is 5.27. The van der Waals surface area contributed by atoms with Gasteiger partial charge in [0.05, 0.1) is 14.2 Å². The molecule has 0 fully saturated rings. The quantitative estimate of drug-likeness (QED) is 0.784. The van der Waals surface area contributed by atoms with E-state index >= 15 is 0 Å². The Balaban J connectivity index is 2.42. The van der Waals surface area contributed by atoms with Crippen LogP contribution in [-0.2, 0) is 13.0 Å². The van der Waals surface area contributed by atoms with E-state index in [1.54, 1.807) is 14.2 Å². The molecular weight excluding hydrogens is 252 g/mol. The number of hydrogen-bond donors (Lipinski definition) is 2. The maximum absolute atomic E-state index is 5.70. The van der Waals surface area contributed by atoms with Gasteiger partial charge >= 0.3 is 0 Å². The van der Waals surface area contributed by atoms with Crippen molar-refractivity contribution >= 4 is 0 Å². The van der Waals surface area contributed by atoms with E-state index in [0.717, 1.165) is 44.0 Å². The van der Waals surface area contributed by atoms with Crippen molar-refractivity contribution in [2.75, 3.05) is 27.3 Å². The fraction of sp³-hybridized carbons (Fsp3) is 0.625. The molecule has 1 heterocycles. The second kappa shape index (κ2) is 6.95. The minimum absolute atomic E-state index is 0.306. The van der Waals surface area contributed by atoms with Crippen LogP contribution in [0.15, 0.2) is 6.07 Å². The number of rotatable bonds is 6. The van der Waals surface area contributed by atoms with Crippen LogP contribution in [-0.4, -0.2) is 27.3 Å². The average molecular weight is 278 g/mol. The van der Waals surface area contributed by atoms with Crippen LogP contribution < -0.4 is 20.1 Å². The molecule has 112 valence electrons. The number of benzene rings is 1. The Bertz CT molecular complexity index is 460. The standard InChI is InChI=1S/C16H26N2O2/c1-5-7-17-10-12-9-14(19-3)15-11(2)18-8-6-13(15)16(12)20-4/h9,11,17-18H,5-8,10H2,1-4H3. The topological polar surface area (TPSA) is 42.5 Å². The third kappa shape index (κ3) is 2.91. The van der Waals surface area contributed by atoms with Crippen molar-refractivity contribution in [2.45, 2.75) is 39.3 Å². The third-order valence-electron chi connectivity index (χ3n) is 3.89. The summed E-state index contributed by atoms with van der Waals surface area (Å²) < 4.78 is 11.3. The van der Waals surface area contributed by atoms with E-state index in [2.05, 4.69) is 30.5 Å². The largest absolute Gasteiger partial charge is 0.496 e. The predicted octanol–water partition coefficient (Wildman–Crippen LogP) is 2.41. The summed E-state index contributed by atoms with van der Waals surface area (Å²) in [7, 11) is 3.50. The van der Waals surface area contributed by atoms with Gasteiger partial charge in [-0.25, -0.2) is 0 Å². The van der Waals surface area contributed by atoms with E-state index < -0.39 is 0 Å². The molecule has 1 aliphatic heterocycles. The van der Waals surface area contributed by atoms with Gasteiger partial charge < -0.3 is 20.1 Å². The molecule has 0 saturated heterocycles. The van der Waals surface area contributed by atoms with E-state index in [9.17, 15) is 0 Å². The molecule has 4 nitrogen and oxygen atoms in total. The summed E-state index contributed by atoms with van der Waals surface area (Å²) in [5.41, 5.74) is 3.73. The highest BCUT2D eigenvalue weighted by atomic mass is 16.5.